The molecule has 138 valence electrons. The van der Waals surface area contributed by atoms with Crippen LogP contribution in [0, 0.1) is 5.41 Å². The van der Waals surface area contributed by atoms with Gasteiger partial charge in [0, 0.05) is 0 Å². The fourth-order valence-electron chi connectivity index (χ4n) is 1.97. The number of rotatable bonds is 11. The minimum atomic E-state index is -3.61. The maximum Gasteiger partial charge on any atom is 0.359 e. The van der Waals surface area contributed by atoms with Crippen molar-refractivity contribution in [3.63, 3.8) is 0 Å². The molecule has 0 fully saturated rings. The molecule has 0 aliphatic heterocycles. The third-order valence-electron chi connectivity index (χ3n) is 3.47. The summed E-state index contributed by atoms with van der Waals surface area (Å²) in [4.78, 5) is 12.2. The molecule has 23 heavy (non-hydrogen) atoms. The second kappa shape index (κ2) is 9.76. The van der Waals surface area contributed by atoms with E-state index in [2.05, 4.69) is 9.37 Å². The van der Waals surface area contributed by atoms with Gasteiger partial charge in [0.05, 0.1) is 5.41 Å². The Morgan fingerprint density at radius 3 is 1.91 bits per heavy atom. The Balaban J connectivity index is 5.59. The predicted molar refractivity (Wildman–Crippen MR) is 82.0 cm³/mol. The van der Waals surface area contributed by atoms with Crippen molar-refractivity contribution >= 4 is 18.0 Å². The van der Waals surface area contributed by atoms with Gasteiger partial charge < -0.3 is 9.99 Å². The van der Waals surface area contributed by atoms with E-state index in [0.29, 0.717) is 25.7 Å². The molecule has 0 aliphatic rings. The number of unbranched alkanes of at least 4 members (excludes halogenated alkanes) is 2. The molecule has 0 aromatic carbocycles. The molecule has 0 radical (unpaired) electrons. The highest BCUT2D eigenvalue weighted by Gasteiger charge is 2.58. The molecule has 0 spiro atoms. The molecule has 0 aromatic rings. The Bertz CT molecular complexity index is 350. The summed E-state index contributed by atoms with van der Waals surface area (Å²) in [7, 11) is 0. The molecular weight excluding hydrogens is 330 g/mol. The Hall–Kier alpha value is -0.440. The highest BCUT2D eigenvalue weighted by molar-refractivity contribution is 7.95. The van der Waals surface area contributed by atoms with E-state index in [9.17, 15) is 18.8 Å². The molecule has 0 aliphatic carbocycles. The van der Waals surface area contributed by atoms with Crippen LogP contribution in [0.25, 0.3) is 0 Å². The number of hydrogen-bond acceptors (Lipinski definition) is 6. The van der Waals surface area contributed by atoms with Gasteiger partial charge in [-0.25, -0.2) is 0 Å². The van der Waals surface area contributed by atoms with E-state index in [0.717, 1.165) is 0 Å². The van der Waals surface area contributed by atoms with Crippen LogP contribution in [-0.4, -0.2) is 16.8 Å². The average molecular weight is 357 g/mol. The first-order valence-electron chi connectivity index (χ1n) is 7.82. The smallest absolute Gasteiger partial charge is 0.359 e. The van der Waals surface area contributed by atoms with Crippen LogP contribution in [0.5, 0.6) is 0 Å². The maximum absolute atomic E-state index is 14.7. The van der Waals surface area contributed by atoms with Gasteiger partial charge in [0.2, 0.25) is 0 Å². The van der Waals surface area contributed by atoms with Crippen molar-refractivity contribution in [3.05, 3.63) is 0 Å². The van der Waals surface area contributed by atoms with Crippen molar-refractivity contribution in [2.75, 3.05) is 0 Å². The molecule has 0 atom stereocenters. The van der Waals surface area contributed by atoms with Gasteiger partial charge in [-0.2, -0.15) is 13.1 Å². The van der Waals surface area contributed by atoms with Crippen LogP contribution in [0.1, 0.15) is 73.1 Å². The summed E-state index contributed by atoms with van der Waals surface area (Å²) in [5, 5.41) is 9.37. The number of halogens is 2. The van der Waals surface area contributed by atoms with Crippen LogP contribution < -0.4 is 5.26 Å². The lowest BCUT2D eigenvalue weighted by atomic mass is 9.89. The van der Waals surface area contributed by atoms with Gasteiger partial charge in [-0.3, -0.25) is 9.83 Å². The monoisotopic (exact) mass is 357 g/mol. The second-order valence-electron chi connectivity index (χ2n) is 6.58. The fraction of sp³-hybridized carbons (Fsp3) is 0.933. The van der Waals surface area contributed by atoms with Crippen LogP contribution in [0.2, 0.25) is 0 Å². The number of esters is 1. The van der Waals surface area contributed by atoms with Crippen LogP contribution in [0.15, 0.2) is 0 Å². The van der Waals surface area contributed by atoms with E-state index in [1.165, 1.54) is 0 Å². The van der Waals surface area contributed by atoms with Crippen molar-refractivity contribution < 1.29 is 32.9 Å². The molecular formula is C15H27F2O5S-. The lowest BCUT2D eigenvalue weighted by Crippen LogP contribution is -2.51. The van der Waals surface area contributed by atoms with E-state index in [1.54, 1.807) is 20.8 Å². The largest absolute Gasteiger partial charge is 0.691 e. The number of alkyl halides is 2. The lowest BCUT2D eigenvalue weighted by molar-refractivity contribution is -0.777. The van der Waals surface area contributed by atoms with Crippen molar-refractivity contribution in [1.82, 2.24) is 0 Å². The van der Waals surface area contributed by atoms with E-state index < -0.39 is 34.3 Å². The summed E-state index contributed by atoms with van der Waals surface area (Å²) in [6.45, 7) is 8.52. The molecule has 5 nitrogen and oxygen atoms in total. The average Bonchev–Trinajstić information content (AvgIpc) is 2.46. The second-order valence-corrected chi connectivity index (χ2v) is 7.39. The summed E-state index contributed by atoms with van der Waals surface area (Å²) in [5.74, 6) is -0.715. The summed E-state index contributed by atoms with van der Waals surface area (Å²) >= 11 is -0.406. The molecule has 0 saturated heterocycles. The van der Waals surface area contributed by atoms with Gasteiger partial charge in [-0.05, 0) is 46.5 Å². The molecule has 0 saturated carbocycles. The van der Waals surface area contributed by atoms with Crippen molar-refractivity contribution in [1.29, 1.82) is 0 Å². The number of hydrogen-bond donors (Lipinski definition) is 0. The minimum Gasteiger partial charge on any atom is -0.691 e. The van der Waals surface area contributed by atoms with Gasteiger partial charge in [0.1, 0.15) is 12.0 Å². The zero-order chi connectivity index (χ0) is 18.1. The van der Waals surface area contributed by atoms with Crippen molar-refractivity contribution in [2.24, 2.45) is 5.41 Å². The van der Waals surface area contributed by atoms with Crippen LogP contribution in [-0.2, 0) is 18.9 Å². The van der Waals surface area contributed by atoms with Gasteiger partial charge in [0.25, 0.3) is 0 Å². The molecule has 0 heterocycles. The minimum absolute atomic E-state index is 0.0203. The lowest BCUT2D eigenvalue weighted by Gasteiger charge is -2.40. The zero-order valence-corrected chi connectivity index (χ0v) is 15.3. The highest BCUT2D eigenvalue weighted by Crippen LogP contribution is 2.48. The molecule has 0 amide bonds. The zero-order valence-electron chi connectivity index (χ0n) is 14.4. The predicted octanol–water partition coefficient (Wildman–Crippen LogP) is 4.16. The summed E-state index contributed by atoms with van der Waals surface area (Å²) in [6, 6.07) is 0. The molecule has 8 heteroatoms. The first-order valence-corrected chi connectivity index (χ1v) is 8.56. The SMILES string of the molecule is CCCCC(CCCC)(OC(=O)C(C)(C)C)C(F)(F)SOO[O-]. The highest BCUT2D eigenvalue weighted by atomic mass is 32.2. The topological polar surface area (TPSA) is 67.8 Å². The van der Waals surface area contributed by atoms with Gasteiger partial charge in [0.15, 0.2) is 5.60 Å². The van der Waals surface area contributed by atoms with E-state index in [-0.39, 0.29) is 12.8 Å². The van der Waals surface area contributed by atoms with Gasteiger partial charge in [-0.1, -0.05) is 26.7 Å². The Labute approximate surface area is 141 Å². The number of carbonyl (C=O) groups is 1. The first-order chi connectivity index (χ1) is 10.6. The molecule has 0 N–H and O–H groups in total. The van der Waals surface area contributed by atoms with E-state index in [1.807, 2.05) is 13.8 Å². The van der Waals surface area contributed by atoms with Gasteiger partial charge in [-0.15, -0.1) is 0 Å². The van der Waals surface area contributed by atoms with E-state index in [4.69, 9.17) is 4.74 Å². The standard InChI is InChI=1S/C15H28F2O5S/c1-6-8-10-14(11-9-7-2,15(16,17)23-22-21-19)20-12(18)13(3,4)5/h19H,6-11H2,1-5H3/p-1. The molecule has 0 aromatic heterocycles. The maximum atomic E-state index is 14.7. The normalized spacial score (nSPS) is 13.2. The third-order valence-corrected chi connectivity index (χ3v) is 4.17. The van der Waals surface area contributed by atoms with Crippen molar-refractivity contribution in [2.45, 2.75) is 84.0 Å². The number of ether oxygens (including phenoxy) is 1. The van der Waals surface area contributed by atoms with Crippen LogP contribution in [0.4, 0.5) is 8.78 Å². The van der Waals surface area contributed by atoms with Crippen LogP contribution in [0.3, 0.4) is 0 Å². The number of carbonyl (C=O) groups excluding carboxylic acids is 1. The third kappa shape index (κ3) is 6.91. The summed E-state index contributed by atoms with van der Waals surface area (Å²) < 4.78 is 38.5. The molecule has 0 unspecified atom stereocenters. The molecule has 0 rings (SSSR count). The molecule has 0 bridgehead atoms. The summed E-state index contributed by atoms with van der Waals surface area (Å²) in [5.41, 5.74) is -2.95. The Morgan fingerprint density at radius 2 is 1.57 bits per heavy atom. The first kappa shape index (κ1) is 22.6. The Morgan fingerprint density at radius 1 is 1.09 bits per heavy atom. The van der Waals surface area contributed by atoms with Crippen molar-refractivity contribution in [3.8, 4) is 0 Å². The van der Waals surface area contributed by atoms with Crippen LogP contribution >= 0.6 is 12.0 Å². The van der Waals surface area contributed by atoms with E-state index >= 15 is 0 Å². The Kier molecular flexibility index (Phi) is 9.57. The van der Waals surface area contributed by atoms with Gasteiger partial charge >= 0.3 is 11.2 Å². The summed E-state index contributed by atoms with van der Waals surface area (Å²) in [6.07, 6.45) is 2.20. The quantitative estimate of drug-likeness (QED) is 0.239. The fourth-order valence-corrected chi connectivity index (χ4v) is 2.48.